The van der Waals surface area contributed by atoms with Crippen molar-refractivity contribution in [1.29, 1.82) is 0 Å². The van der Waals surface area contributed by atoms with Gasteiger partial charge in [0, 0.05) is 23.2 Å². The summed E-state index contributed by atoms with van der Waals surface area (Å²) in [7, 11) is 0. The molecule has 2 aliphatic rings. The van der Waals surface area contributed by atoms with Gasteiger partial charge in [0.15, 0.2) is 0 Å². The largest absolute Gasteiger partial charge is 0.326 e. The molecule has 0 spiro atoms. The Kier molecular flexibility index (Phi) is 5.89. The van der Waals surface area contributed by atoms with E-state index in [0.29, 0.717) is 0 Å². The molecule has 0 atom stereocenters. The number of benzene rings is 1. The standard InChI is InChI=1S/C20H28N2O2/c23-19(15-7-3-1-4-8-15)21-17-11-13-18(14-12-17)22-20(24)16-9-5-2-6-10-16/h11-16H,1-10H2,(H,21,23)(H,22,24). The Hall–Kier alpha value is -1.84. The van der Waals surface area contributed by atoms with Gasteiger partial charge in [0.25, 0.3) is 0 Å². The van der Waals surface area contributed by atoms with Crippen LogP contribution < -0.4 is 10.6 Å². The molecule has 2 amide bonds. The molecule has 0 heterocycles. The second-order valence-corrected chi connectivity index (χ2v) is 7.23. The number of amides is 2. The zero-order chi connectivity index (χ0) is 16.8. The van der Waals surface area contributed by atoms with E-state index in [4.69, 9.17) is 0 Å². The molecule has 2 fully saturated rings. The van der Waals surface area contributed by atoms with Gasteiger partial charge in [-0.05, 0) is 49.9 Å². The summed E-state index contributed by atoms with van der Waals surface area (Å²) in [5.41, 5.74) is 1.61. The average molecular weight is 328 g/mol. The van der Waals surface area contributed by atoms with Crippen molar-refractivity contribution < 1.29 is 9.59 Å². The van der Waals surface area contributed by atoms with Gasteiger partial charge in [0.05, 0.1) is 0 Å². The van der Waals surface area contributed by atoms with Gasteiger partial charge in [-0.1, -0.05) is 38.5 Å². The first kappa shape index (κ1) is 17.0. The maximum atomic E-state index is 12.3. The number of carbonyl (C=O) groups excluding carboxylic acids is 2. The zero-order valence-corrected chi connectivity index (χ0v) is 14.4. The van der Waals surface area contributed by atoms with E-state index in [0.717, 1.165) is 62.7 Å². The van der Waals surface area contributed by atoms with E-state index in [1.807, 2.05) is 24.3 Å². The van der Waals surface area contributed by atoms with Gasteiger partial charge in [-0.2, -0.15) is 0 Å². The molecule has 0 aliphatic heterocycles. The van der Waals surface area contributed by atoms with Gasteiger partial charge in [-0.3, -0.25) is 9.59 Å². The molecule has 2 aliphatic carbocycles. The van der Waals surface area contributed by atoms with Crippen LogP contribution in [0.3, 0.4) is 0 Å². The second kappa shape index (κ2) is 8.32. The van der Waals surface area contributed by atoms with Gasteiger partial charge in [0.1, 0.15) is 0 Å². The smallest absolute Gasteiger partial charge is 0.227 e. The number of anilines is 2. The third-order valence-corrected chi connectivity index (χ3v) is 5.37. The predicted molar refractivity (Wildman–Crippen MR) is 96.9 cm³/mol. The van der Waals surface area contributed by atoms with Crippen LogP contribution >= 0.6 is 0 Å². The maximum absolute atomic E-state index is 12.3. The third kappa shape index (κ3) is 4.59. The topological polar surface area (TPSA) is 58.2 Å². The minimum atomic E-state index is 0.133. The molecule has 1 aromatic carbocycles. The highest BCUT2D eigenvalue weighted by molar-refractivity contribution is 5.94. The summed E-state index contributed by atoms with van der Waals surface area (Å²) in [5, 5.41) is 6.01. The molecular formula is C20H28N2O2. The quantitative estimate of drug-likeness (QED) is 0.840. The molecule has 3 rings (SSSR count). The molecule has 0 unspecified atom stereocenters. The summed E-state index contributed by atoms with van der Waals surface area (Å²) >= 11 is 0. The lowest BCUT2D eigenvalue weighted by Gasteiger charge is -2.21. The second-order valence-electron chi connectivity index (χ2n) is 7.23. The van der Waals surface area contributed by atoms with Crippen molar-refractivity contribution in [3.63, 3.8) is 0 Å². The van der Waals surface area contributed by atoms with Crippen molar-refractivity contribution in [1.82, 2.24) is 0 Å². The van der Waals surface area contributed by atoms with Crippen LogP contribution in [0.2, 0.25) is 0 Å². The molecule has 24 heavy (non-hydrogen) atoms. The third-order valence-electron chi connectivity index (χ3n) is 5.37. The fourth-order valence-corrected chi connectivity index (χ4v) is 3.86. The molecule has 130 valence electrons. The summed E-state index contributed by atoms with van der Waals surface area (Å²) < 4.78 is 0. The van der Waals surface area contributed by atoms with Gasteiger partial charge in [0.2, 0.25) is 11.8 Å². The van der Waals surface area contributed by atoms with Crippen LogP contribution in [0.4, 0.5) is 11.4 Å². The maximum Gasteiger partial charge on any atom is 0.227 e. The Balaban J connectivity index is 1.51. The molecule has 0 saturated heterocycles. The van der Waals surface area contributed by atoms with Gasteiger partial charge in [-0.15, -0.1) is 0 Å². The molecule has 2 saturated carbocycles. The SMILES string of the molecule is O=C(Nc1ccc(NC(=O)C2CCCCC2)cc1)C1CCCCC1. The lowest BCUT2D eigenvalue weighted by atomic mass is 9.88. The van der Waals surface area contributed by atoms with Crippen LogP contribution in [0.25, 0.3) is 0 Å². The number of nitrogens with one attached hydrogen (secondary N) is 2. The van der Waals surface area contributed by atoms with Crippen molar-refractivity contribution >= 4 is 23.2 Å². The lowest BCUT2D eigenvalue weighted by molar-refractivity contribution is -0.121. The van der Waals surface area contributed by atoms with E-state index in [1.165, 1.54) is 12.8 Å². The van der Waals surface area contributed by atoms with Crippen LogP contribution in [0, 0.1) is 11.8 Å². The molecule has 1 aromatic rings. The van der Waals surface area contributed by atoms with Crippen LogP contribution in [0.5, 0.6) is 0 Å². The Bertz CT molecular complexity index is 505. The monoisotopic (exact) mass is 328 g/mol. The fourth-order valence-electron chi connectivity index (χ4n) is 3.86. The lowest BCUT2D eigenvalue weighted by Crippen LogP contribution is -2.25. The Morgan fingerprint density at radius 3 is 1.29 bits per heavy atom. The van der Waals surface area contributed by atoms with Crippen LogP contribution in [-0.2, 0) is 9.59 Å². The molecule has 0 bridgehead atoms. The molecule has 2 N–H and O–H groups in total. The van der Waals surface area contributed by atoms with Crippen LogP contribution in [-0.4, -0.2) is 11.8 Å². The van der Waals surface area contributed by atoms with Crippen molar-refractivity contribution in [3.8, 4) is 0 Å². The highest BCUT2D eigenvalue weighted by Gasteiger charge is 2.22. The van der Waals surface area contributed by atoms with E-state index < -0.39 is 0 Å². The molecule has 4 nitrogen and oxygen atoms in total. The first-order chi connectivity index (χ1) is 11.7. The van der Waals surface area contributed by atoms with Crippen molar-refractivity contribution in [2.24, 2.45) is 11.8 Å². The van der Waals surface area contributed by atoms with Crippen molar-refractivity contribution in [3.05, 3.63) is 24.3 Å². The van der Waals surface area contributed by atoms with Crippen LogP contribution in [0.15, 0.2) is 24.3 Å². The Morgan fingerprint density at radius 2 is 0.958 bits per heavy atom. The van der Waals surface area contributed by atoms with Gasteiger partial charge in [-0.25, -0.2) is 0 Å². The number of carbonyl (C=O) groups is 2. The molecular weight excluding hydrogens is 300 g/mol. The zero-order valence-electron chi connectivity index (χ0n) is 14.4. The van der Waals surface area contributed by atoms with Crippen molar-refractivity contribution in [2.75, 3.05) is 10.6 Å². The van der Waals surface area contributed by atoms with Crippen LogP contribution in [0.1, 0.15) is 64.2 Å². The predicted octanol–water partition coefficient (Wildman–Crippen LogP) is 4.72. The number of hydrogen-bond acceptors (Lipinski definition) is 2. The first-order valence-corrected chi connectivity index (χ1v) is 9.44. The van der Waals surface area contributed by atoms with Gasteiger partial charge < -0.3 is 10.6 Å². The highest BCUT2D eigenvalue weighted by Crippen LogP contribution is 2.26. The normalized spacial score (nSPS) is 19.7. The van der Waals surface area contributed by atoms with E-state index in [-0.39, 0.29) is 23.7 Å². The number of rotatable bonds is 4. The van der Waals surface area contributed by atoms with Gasteiger partial charge >= 0.3 is 0 Å². The summed E-state index contributed by atoms with van der Waals surface area (Å²) in [6, 6.07) is 7.49. The minimum absolute atomic E-state index is 0.133. The molecule has 0 radical (unpaired) electrons. The Morgan fingerprint density at radius 1 is 0.625 bits per heavy atom. The minimum Gasteiger partial charge on any atom is -0.326 e. The summed E-state index contributed by atoms with van der Waals surface area (Å²) in [6.45, 7) is 0. The van der Waals surface area contributed by atoms with E-state index in [2.05, 4.69) is 10.6 Å². The van der Waals surface area contributed by atoms with E-state index in [1.54, 1.807) is 0 Å². The number of hydrogen-bond donors (Lipinski definition) is 2. The first-order valence-electron chi connectivity index (χ1n) is 9.44. The summed E-state index contributed by atoms with van der Waals surface area (Å²) in [5.74, 6) is 0.580. The van der Waals surface area contributed by atoms with E-state index in [9.17, 15) is 9.59 Å². The van der Waals surface area contributed by atoms with E-state index >= 15 is 0 Å². The average Bonchev–Trinajstić information content (AvgIpc) is 2.65. The Labute approximate surface area is 144 Å². The molecule has 0 aromatic heterocycles. The fraction of sp³-hybridized carbons (Fsp3) is 0.600. The highest BCUT2D eigenvalue weighted by atomic mass is 16.2. The summed E-state index contributed by atoms with van der Waals surface area (Å²) in [4.78, 5) is 24.5. The summed E-state index contributed by atoms with van der Waals surface area (Å²) in [6.07, 6.45) is 11.1. The molecule has 4 heteroatoms. The van der Waals surface area contributed by atoms with Crippen molar-refractivity contribution in [2.45, 2.75) is 64.2 Å².